The Labute approximate surface area is 107 Å². The van der Waals surface area contributed by atoms with Gasteiger partial charge in [-0.1, -0.05) is 20.8 Å². The lowest BCUT2D eigenvalue weighted by Gasteiger charge is -2.31. The minimum Gasteiger partial charge on any atom is -0.480 e. The van der Waals surface area contributed by atoms with Gasteiger partial charge < -0.3 is 15.7 Å². The van der Waals surface area contributed by atoms with Gasteiger partial charge in [-0.2, -0.15) is 0 Å². The number of likely N-dealkylation sites (tertiary alicyclic amines) is 1. The van der Waals surface area contributed by atoms with E-state index in [0.29, 0.717) is 13.0 Å². The summed E-state index contributed by atoms with van der Waals surface area (Å²) in [7, 11) is 0. The molecular weight excluding hydrogens is 232 g/mol. The number of hydrogen-bond donors (Lipinski definition) is 2. The second kappa shape index (κ2) is 3.95. The van der Waals surface area contributed by atoms with Gasteiger partial charge in [0, 0.05) is 6.54 Å². The van der Waals surface area contributed by atoms with Crippen molar-refractivity contribution in [3.63, 3.8) is 0 Å². The van der Waals surface area contributed by atoms with E-state index in [1.54, 1.807) is 0 Å². The number of hydrogen-bond acceptors (Lipinski definition) is 3. The molecule has 1 aliphatic carbocycles. The molecular formula is C13H22N2O3. The van der Waals surface area contributed by atoms with Crippen LogP contribution in [0.25, 0.3) is 0 Å². The number of nitrogens with two attached hydrogens (primary N) is 1. The molecule has 102 valence electrons. The molecule has 1 aliphatic heterocycles. The quantitative estimate of drug-likeness (QED) is 0.764. The van der Waals surface area contributed by atoms with E-state index in [1.165, 1.54) is 4.90 Å². The predicted octanol–water partition coefficient (Wildman–Crippen LogP) is 0.825. The van der Waals surface area contributed by atoms with E-state index in [-0.39, 0.29) is 16.7 Å². The lowest BCUT2D eigenvalue weighted by molar-refractivity contribution is -0.149. The van der Waals surface area contributed by atoms with Crippen LogP contribution in [-0.4, -0.2) is 40.5 Å². The van der Waals surface area contributed by atoms with Crippen LogP contribution in [0.1, 0.15) is 40.0 Å². The number of aliphatic carboxylic acids is 1. The van der Waals surface area contributed by atoms with Crippen molar-refractivity contribution in [2.45, 2.75) is 52.1 Å². The summed E-state index contributed by atoms with van der Waals surface area (Å²) in [6.45, 7) is 6.25. The average Bonchev–Trinajstić information content (AvgIpc) is 2.86. The highest BCUT2D eigenvalue weighted by Crippen LogP contribution is 2.55. The molecule has 0 aromatic rings. The third kappa shape index (κ3) is 2.23. The molecule has 0 bridgehead atoms. The van der Waals surface area contributed by atoms with Crippen LogP contribution >= 0.6 is 0 Å². The van der Waals surface area contributed by atoms with Crippen LogP contribution < -0.4 is 5.73 Å². The van der Waals surface area contributed by atoms with Gasteiger partial charge in [-0.25, -0.2) is 4.79 Å². The van der Waals surface area contributed by atoms with Gasteiger partial charge in [-0.15, -0.1) is 0 Å². The molecule has 2 rings (SSSR count). The van der Waals surface area contributed by atoms with Crippen molar-refractivity contribution in [1.82, 2.24) is 4.90 Å². The summed E-state index contributed by atoms with van der Waals surface area (Å²) in [4.78, 5) is 25.1. The molecule has 2 aliphatic rings. The summed E-state index contributed by atoms with van der Waals surface area (Å²) in [5.41, 5.74) is 5.69. The summed E-state index contributed by atoms with van der Waals surface area (Å²) < 4.78 is 0. The first kappa shape index (κ1) is 13.3. The van der Waals surface area contributed by atoms with Crippen LogP contribution in [0.2, 0.25) is 0 Å². The highest BCUT2D eigenvalue weighted by molar-refractivity contribution is 5.88. The van der Waals surface area contributed by atoms with Gasteiger partial charge in [0.25, 0.3) is 0 Å². The number of nitrogens with zero attached hydrogens (tertiary/aromatic N) is 1. The number of carboxylic acids is 1. The van der Waals surface area contributed by atoms with E-state index in [9.17, 15) is 14.7 Å². The molecule has 5 nitrogen and oxygen atoms in total. The smallest absolute Gasteiger partial charge is 0.326 e. The summed E-state index contributed by atoms with van der Waals surface area (Å²) in [6, 6.07) is -1.33. The van der Waals surface area contributed by atoms with Crippen molar-refractivity contribution in [2.24, 2.45) is 16.6 Å². The molecule has 1 saturated carbocycles. The highest BCUT2D eigenvalue weighted by atomic mass is 16.4. The molecule has 18 heavy (non-hydrogen) atoms. The maximum Gasteiger partial charge on any atom is 0.326 e. The Kier molecular flexibility index (Phi) is 2.93. The number of carbonyl (C=O) groups excluding carboxylic acids is 1. The van der Waals surface area contributed by atoms with E-state index in [0.717, 1.165) is 12.8 Å². The zero-order valence-corrected chi connectivity index (χ0v) is 11.3. The maximum atomic E-state index is 12.4. The van der Waals surface area contributed by atoms with Gasteiger partial charge in [-0.3, -0.25) is 4.79 Å². The van der Waals surface area contributed by atoms with Gasteiger partial charge in [-0.05, 0) is 30.1 Å². The Bertz CT molecular complexity index is 382. The first-order chi connectivity index (χ1) is 8.16. The van der Waals surface area contributed by atoms with Gasteiger partial charge >= 0.3 is 5.97 Å². The third-order valence-corrected chi connectivity index (χ3v) is 4.23. The Morgan fingerprint density at radius 1 is 1.39 bits per heavy atom. The van der Waals surface area contributed by atoms with Crippen molar-refractivity contribution in [3.05, 3.63) is 0 Å². The highest BCUT2D eigenvalue weighted by Gasteiger charge is 2.56. The topological polar surface area (TPSA) is 83.6 Å². The monoisotopic (exact) mass is 254 g/mol. The number of amides is 1. The Morgan fingerprint density at radius 3 is 2.33 bits per heavy atom. The van der Waals surface area contributed by atoms with Gasteiger partial charge in [0.05, 0.1) is 6.04 Å². The number of carbonyl (C=O) groups is 2. The molecule has 5 heteroatoms. The lowest BCUT2D eigenvalue weighted by Crippen LogP contribution is -2.53. The SMILES string of the molecule is CC(C)(C)C(N)C(=O)N1CC2(CC2)C[C@H]1C(=O)O. The third-order valence-electron chi connectivity index (χ3n) is 4.23. The molecule has 1 amide bonds. The normalized spacial score (nSPS) is 27.3. The zero-order valence-electron chi connectivity index (χ0n) is 11.3. The largest absolute Gasteiger partial charge is 0.480 e. The van der Waals surface area contributed by atoms with E-state index in [1.807, 2.05) is 20.8 Å². The molecule has 0 aromatic heterocycles. The van der Waals surface area contributed by atoms with E-state index in [4.69, 9.17) is 5.73 Å². The van der Waals surface area contributed by atoms with Crippen LogP contribution in [0, 0.1) is 10.8 Å². The maximum absolute atomic E-state index is 12.4. The summed E-state index contributed by atoms with van der Waals surface area (Å²) in [5, 5.41) is 9.24. The molecule has 1 heterocycles. The van der Waals surface area contributed by atoms with Gasteiger partial charge in [0.2, 0.25) is 5.91 Å². The Hall–Kier alpha value is -1.10. The minimum absolute atomic E-state index is 0.0797. The molecule has 2 atom stereocenters. The van der Waals surface area contributed by atoms with E-state index < -0.39 is 18.1 Å². The predicted molar refractivity (Wildman–Crippen MR) is 66.9 cm³/mol. The lowest BCUT2D eigenvalue weighted by atomic mass is 9.86. The fraction of sp³-hybridized carbons (Fsp3) is 0.846. The molecule has 3 N–H and O–H groups in total. The van der Waals surface area contributed by atoms with Crippen LogP contribution in [0.3, 0.4) is 0 Å². The van der Waals surface area contributed by atoms with E-state index in [2.05, 4.69) is 0 Å². The van der Waals surface area contributed by atoms with Crippen molar-refractivity contribution in [2.75, 3.05) is 6.54 Å². The average molecular weight is 254 g/mol. The second-order valence-corrected chi connectivity index (χ2v) is 6.87. The molecule has 1 spiro atoms. The van der Waals surface area contributed by atoms with E-state index >= 15 is 0 Å². The summed E-state index contributed by atoms with van der Waals surface area (Å²) in [5.74, 6) is -1.13. The van der Waals surface area contributed by atoms with Crippen LogP contribution in [-0.2, 0) is 9.59 Å². The van der Waals surface area contributed by atoms with Crippen LogP contribution in [0.4, 0.5) is 0 Å². The molecule has 1 saturated heterocycles. The standard InChI is InChI=1S/C13H22N2O3/c1-12(2,3)9(14)10(16)15-7-13(4-5-13)6-8(15)11(17)18/h8-9H,4-7,14H2,1-3H3,(H,17,18)/t8-,9?/m0/s1. The fourth-order valence-electron chi connectivity index (χ4n) is 2.60. The second-order valence-electron chi connectivity index (χ2n) is 6.87. The van der Waals surface area contributed by atoms with Crippen LogP contribution in [0.5, 0.6) is 0 Å². The Balaban J connectivity index is 2.16. The Morgan fingerprint density at radius 2 is 1.94 bits per heavy atom. The fourth-order valence-corrected chi connectivity index (χ4v) is 2.60. The summed E-state index contributed by atoms with van der Waals surface area (Å²) >= 11 is 0. The number of rotatable bonds is 2. The van der Waals surface area contributed by atoms with Gasteiger partial charge in [0.1, 0.15) is 6.04 Å². The van der Waals surface area contributed by atoms with Crippen molar-refractivity contribution in [3.8, 4) is 0 Å². The zero-order chi connectivity index (χ0) is 13.7. The van der Waals surface area contributed by atoms with Crippen LogP contribution in [0.15, 0.2) is 0 Å². The van der Waals surface area contributed by atoms with Crippen molar-refractivity contribution >= 4 is 11.9 Å². The van der Waals surface area contributed by atoms with Crippen molar-refractivity contribution < 1.29 is 14.7 Å². The minimum atomic E-state index is -0.909. The van der Waals surface area contributed by atoms with Gasteiger partial charge in [0.15, 0.2) is 0 Å². The molecule has 0 aromatic carbocycles. The first-order valence-corrected chi connectivity index (χ1v) is 6.45. The molecule has 2 fully saturated rings. The first-order valence-electron chi connectivity index (χ1n) is 6.45. The molecule has 0 radical (unpaired) electrons. The van der Waals surface area contributed by atoms with Crippen molar-refractivity contribution in [1.29, 1.82) is 0 Å². The summed E-state index contributed by atoms with van der Waals surface area (Å²) in [6.07, 6.45) is 2.65. The number of carboxylic acid groups (broad SMARTS) is 1. The molecule has 1 unspecified atom stereocenters.